The third kappa shape index (κ3) is 3.54. The van der Waals surface area contributed by atoms with E-state index in [4.69, 9.17) is 23.2 Å². The van der Waals surface area contributed by atoms with Gasteiger partial charge < -0.3 is 4.57 Å². The third-order valence-corrected chi connectivity index (χ3v) is 8.68. The van der Waals surface area contributed by atoms with Gasteiger partial charge in [-0.05, 0) is 60.7 Å². The van der Waals surface area contributed by atoms with Gasteiger partial charge >= 0.3 is 0 Å². The maximum atomic E-state index is 15.5. The fourth-order valence-electron chi connectivity index (χ4n) is 6.35. The van der Waals surface area contributed by atoms with Crippen molar-refractivity contribution in [2.45, 2.75) is 31.7 Å². The Morgan fingerprint density at radius 1 is 1.07 bits per heavy atom. The van der Waals surface area contributed by atoms with Crippen LogP contribution >= 0.6 is 23.2 Å². The molecule has 2 aliphatic heterocycles. The van der Waals surface area contributed by atoms with E-state index in [1.807, 2.05) is 37.3 Å². The number of halogens is 3. The molecule has 0 amide bonds. The van der Waals surface area contributed by atoms with Gasteiger partial charge in [-0.25, -0.2) is 9.67 Å². The number of nitrogens with one attached hydrogen (secondary N) is 1. The first kappa shape index (κ1) is 23.8. The number of aryl methyl sites for hydroxylation is 1. The van der Waals surface area contributed by atoms with Crippen molar-refractivity contribution < 1.29 is 4.39 Å². The van der Waals surface area contributed by atoms with Crippen molar-refractivity contribution in [2.24, 2.45) is 10.9 Å². The van der Waals surface area contributed by atoms with Crippen molar-refractivity contribution in [1.29, 1.82) is 0 Å². The zero-order chi connectivity index (χ0) is 27.3. The average molecular weight is 572 g/mol. The molecular weight excluding hydrogens is 552 g/mol. The summed E-state index contributed by atoms with van der Waals surface area (Å²) in [5.74, 6) is -0.135. The number of aliphatic imine (C=N–C) groups is 1. The number of allylic oxidation sites excluding steroid dienone is 1. The van der Waals surface area contributed by atoms with Crippen molar-refractivity contribution in [3.63, 3.8) is 0 Å². The number of rotatable bonds is 4. The molecular formula is C29H20Cl2FN7O. The molecule has 1 aliphatic carbocycles. The molecule has 0 radical (unpaired) electrons. The summed E-state index contributed by atoms with van der Waals surface area (Å²) in [4.78, 5) is 18.0. The van der Waals surface area contributed by atoms with Crippen LogP contribution in [0.15, 0.2) is 76.0 Å². The first-order valence-corrected chi connectivity index (χ1v) is 13.7. The van der Waals surface area contributed by atoms with Crippen LogP contribution in [-0.2, 0) is 0 Å². The van der Waals surface area contributed by atoms with Gasteiger partial charge in [0, 0.05) is 51.3 Å². The number of hydrogen-bond acceptors (Lipinski definition) is 5. The van der Waals surface area contributed by atoms with Gasteiger partial charge in [-0.3, -0.25) is 9.89 Å². The van der Waals surface area contributed by atoms with E-state index in [1.165, 1.54) is 0 Å². The first-order valence-electron chi connectivity index (χ1n) is 12.9. The highest BCUT2D eigenvalue weighted by molar-refractivity contribution is 6.31. The largest absolute Gasteiger partial charge is 0.305 e. The Labute approximate surface area is 236 Å². The number of hydrogen-bond donors (Lipinski definition) is 1. The minimum absolute atomic E-state index is 0.169. The van der Waals surface area contributed by atoms with Crippen LogP contribution in [0.1, 0.15) is 41.8 Å². The predicted octanol–water partition coefficient (Wildman–Crippen LogP) is 6.32. The second-order valence-corrected chi connectivity index (χ2v) is 11.4. The van der Waals surface area contributed by atoms with Gasteiger partial charge in [0.1, 0.15) is 0 Å². The molecule has 3 aliphatic rings. The lowest BCUT2D eigenvalue weighted by Crippen LogP contribution is -2.26. The van der Waals surface area contributed by atoms with E-state index in [-0.39, 0.29) is 28.6 Å². The monoisotopic (exact) mass is 571 g/mol. The molecule has 0 saturated heterocycles. The van der Waals surface area contributed by atoms with Crippen LogP contribution in [0.5, 0.6) is 0 Å². The molecule has 1 N–H and O–H groups in total. The highest BCUT2D eigenvalue weighted by Crippen LogP contribution is 2.62. The van der Waals surface area contributed by atoms with Crippen LogP contribution in [0.25, 0.3) is 27.7 Å². The number of aromatic nitrogens is 6. The van der Waals surface area contributed by atoms with E-state index in [2.05, 4.69) is 25.5 Å². The summed E-state index contributed by atoms with van der Waals surface area (Å²) in [6.45, 7) is 1.96. The lowest BCUT2D eigenvalue weighted by molar-refractivity contribution is 0.497. The Kier molecular flexibility index (Phi) is 5.03. The summed E-state index contributed by atoms with van der Waals surface area (Å²) < 4.78 is 18.8. The molecule has 1 saturated carbocycles. The van der Waals surface area contributed by atoms with Gasteiger partial charge in [0.05, 0.1) is 29.2 Å². The van der Waals surface area contributed by atoms with E-state index in [1.54, 1.807) is 33.6 Å². The molecule has 2 aromatic carbocycles. The summed E-state index contributed by atoms with van der Waals surface area (Å²) in [7, 11) is 0. The van der Waals surface area contributed by atoms with E-state index in [0.717, 1.165) is 39.8 Å². The number of H-pyrrole nitrogens is 1. The van der Waals surface area contributed by atoms with Crippen LogP contribution < -0.4 is 5.56 Å². The maximum absolute atomic E-state index is 15.5. The highest BCUT2D eigenvalue weighted by atomic mass is 35.5. The summed E-state index contributed by atoms with van der Waals surface area (Å²) in [6.07, 6.45) is 2.85. The molecule has 3 aromatic heterocycles. The second-order valence-electron chi connectivity index (χ2n) is 10.6. The predicted molar refractivity (Wildman–Crippen MR) is 151 cm³/mol. The van der Waals surface area contributed by atoms with Crippen LogP contribution in [0.4, 0.5) is 4.39 Å². The van der Waals surface area contributed by atoms with E-state index in [0.29, 0.717) is 34.0 Å². The molecule has 40 heavy (non-hydrogen) atoms. The Hall–Kier alpha value is -4.08. The Morgan fingerprint density at radius 3 is 2.77 bits per heavy atom. The Balaban J connectivity index is 1.16. The lowest BCUT2D eigenvalue weighted by atomic mass is 9.96. The van der Waals surface area contributed by atoms with Crippen LogP contribution in [-0.4, -0.2) is 35.5 Å². The second kappa shape index (κ2) is 8.46. The smallest absolute Gasteiger partial charge is 0.251 e. The number of fused-ring (bicyclic) bond motifs is 4. The van der Waals surface area contributed by atoms with Gasteiger partial charge in [0.2, 0.25) is 5.95 Å². The summed E-state index contributed by atoms with van der Waals surface area (Å²) in [5.41, 5.74) is 6.71. The summed E-state index contributed by atoms with van der Waals surface area (Å²) >= 11 is 12.4. The number of pyridine rings is 1. The minimum atomic E-state index is -0.493. The lowest BCUT2D eigenvalue weighted by Gasteiger charge is -2.20. The number of aromatic amines is 1. The molecule has 5 heterocycles. The van der Waals surface area contributed by atoms with Crippen molar-refractivity contribution in [1.82, 2.24) is 29.8 Å². The Morgan fingerprint density at radius 2 is 1.95 bits per heavy atom. The zero-order valence-corrected chi connectivity index (χ0v) is 22.6. The maximum Gasteiger partial charge on any atom is 0.251 e. The van der Waals surface area contributed by atoms with Crippen molar-refractivity contribution >= 4 is 39.8 Å². The number of nitrogens with zero attached hydrogens (tertiary/aromatic N) is 6. The van der Waals surface area contributed by atoms with E-state index >= 15 is 4.39 Å². The molecule has 198 valence electrons. The van der Waals surface area contributed by atoms with Gasteiger partial charge in [-0.2, -0.15) is 9.49 Å². The molecule has 11 heteroatoms. The number of benzene rings is 2. The van der Waals surface area contributed by atoms with Gasteiger partial charge in [0.25, 0.3) is 5.56 Å². The quantitative estimate of drug-likeness (QED) is 0.255. The van der Waals surface area contributed by atoms with E-state index < -0.39 is 5.95 Å². The molecule has 3 atom stereocenters. The van der Waals surface area contributed by atoms with Gasteiger partial charge in [0.15, 0.2) is 5.15 Å². The molecule has 8 nitrogen and oxygen atoms in total. The molecule has 0 bridgehead atoms. The van der Waals surface area contributed by atoms with Gasteiger partial charge in [-0.15, -0.1) is 5.10 Å². The topological polar surface area (TPSA) is 93.8 Å². The first-order chi connectivity index (χ1) is 19.4. The van der Waals surface area contributed by atoms with Crippen molar-refractivity contribution in [3.05, 3.63) is 104 Å². The van der Waals surface area contributed by atoms with Crippen LogP contribution in [0.3, 0.4) is 0 Å². The fourth-order valence-corrected chi connectivity index (χ4v) is 6.65. The van der Waals surface area contributed by atoms with Gasteiger partial charge in [-0.1, -0.05) is 40.5 Å². The molecule has 8 rings (SSSR count). The van der Waals surface area contributed by atoms with E-state index in [9.17, 15) is 4.79 Å². The molecule has 5 aromatic rings. The van der Waals surface area contributed by atoms with Crippen molar-refractivity contribution in [2.75, 3.05) is 0 Å². The zero-order valence-electron chi connectivity index (χ0n) is 21.1. The summed E-state index contributed by atoms with van der Waals surface area (Å²) in [6, 6.07) is 14.5. The highest BCUT2D eigenvalue weighted by Gasteiger charge is 2.55. The molecule has 1 fully saturated rings. The minimum Gasteiger partial charge on any atom is -0.305 e. The standard InChI is InChI=1S/C29H20Cl2FN7O/c1-13-17-4-2-14(6-23(17)35-34-13)22-11-21(29(32)33-22)28-20-10-19(20)25-7-15(8-27(40)39(25)28)18-9-16(30)3-5-24(18)38-12-26(31)36-37-38/h2-9,12,19-20,28H,10-11H2,1H3,(H,34,35). The van der Waals surface area contributed by atoms with Crippen LogP contribution in [0.2, 0.25) is 10.2 Å². The average Bonchev–Trinajstić information content (AvgIpc) is 3.20. The fraction of sp³-hybridized carbons (Fsp3) is 0.207. The van der Waals surface area contributed by atoms with Crippen molar-refractivity contribution in [3.8, 4) is 16.8 Å². The van der Waals surface area contributed by atoms with Crippen LogP contribution in [0, 0.1) is 12.8 Å². The third-order valence-electron chi connectivity index (χ3n) is 8.28. The summed E-state index contributed by atoms with van der Waals surface area (Å²) in [5, 5.41) is 17.1. The molecule has 3 unspecified atom stereocenters. The molecule has 0 spiro atoms. The normalized spacial score (nSPS) is 21.2. The SMILES string of the molecule is Cc1[nH]nc2cc(C3=NC(F)=C(C4C5CC5c5cc(-c6cc(Cl)ccc6-n6cc(Cl)nn6)cc(=O)n54)C3)ccc12. The Bertz CT molecular complexity index is 2020.